The number of Topliss-reactive ketones (excluding diaryl/α,β-unsaturated/α-hetero) is 1. The van der Waals surface area contributed by atoms with Gasteiger partial charge < -0.3 is 0 Å². The molecule has 17 heavy (non-hydrogen) atoms. The van der Waals surface area contributed by atoms with Gasteiger partial charge in [-0.2, -0.15) is 0 Å². The maximum atomic E-state index is 12.4. The zero-order valence-electron chi connectivity index (χ0n) is 10.3. The van der Waals surface area contributed by atoms with Gasteiger partial charge in [0.05, 0.1) is 0 Å². The van der Waals surface area contributed by atoms with Crippen LogP contribution in [0.5, 0.6) is 0 Å². The molecule has 0 saturated heterocycles. The number of benzene rings is 1. The Balaban J connectivity index is 2.08. The highest BCUT2D eigenvalue weighted by Gasteiger charge is 2.34. The molecule has 1 aromatic rings. The van der Waals surface area contributed by atoms with Gasteiger partial charge in [0.2, 0.25) is 0 Å². The average molecular weight is 251 g/mol. The van der Waals surface area contributed by atoms with E-state index in [4.69, 9.17) is 11.6 Å². The van der Waals surface area contributed by atoms with Gasteiger partial charge in [-0.1, -0.05) is 56.0 Å². The Morgan fingerprint density at radius 3 is 2.53 bits per heavy atom. The number of rotatable bonds is 3. The van der Waals surface area contributed by atoms with Crippen LogP contribution in [0.4, 0.5) is 0 Å². The predicted molar refractivity (Wildman–Crippen MR) is 71.4 cm³/mol. The van der Waals surface area contributed by atoms with Crippen molar-refractivity contribution in [1.29, 1.82) is 0 Å². The largest absolute Gasteiger partial charge is 0.299 e. The van der Waals surface area contributed by atoms with Crippen LogP contribution in [0.2, 0.25) is 5.02 Å². The summed E-state index contributed by atoms with van der Waals surface area (Å²) in [4.78, 5) is 12.4. The molecule has 1 saturated carbocycles. The second-order valence-corrected chi connectivity index (χ2v) is 5.72. The maximum absolute atomic E-state index is 12.4. The van der Waals surface area contributed by atoms with Crippen LogP contribution in [-0.2, 0) is 11.2 Å². The van der Waals surface area contributed by atoms with Gasteiger partial charge in [0.15, 0.2) is 0 Å². The van der Waals surface area contributed by atoms with Gasteiger partial charge in [0.1, 0.15) is 5.78 Å². The summed E-state index contributed by atoms with van der Waals surface area (Å²) in [5, 5.41) is 0.709. The zero-order valence-corrected chi connectivity index (χ0v) is 11.1. The normalized spacial score (nSPS) is 18.9. The standard InChI is InChI=1S/C15H19ClO/c1-15(9-5-2-6-10-15)14(17)11-12-7-3-4-8-13(12)16/h3-4,7-8H,2,5-6,9-11H2,1H3. The van der Waals surface area contributed by atoms with Crippen molar-refractivity contribution in [2.75, 3.05) is 0 Å². The molecule has 1 nitrogen and oxygen atoms in total. The third-order valence-corrected chi connectivity index (χ3v) is 4.31. The van der Waals surface area contributed by atoms with E-state index in [0.29, 0.717) is 17.2 Å². The van der Waals surface area contributed by atoms with Crippen LogP contribution in [-0.4, -0.2) is 5.78 Å². The molecule has 0 spiro atoms. The first-order chi connectivity index (χ1) is 8.12. The van der Waals surface area contributed by atoms with Crippen molar-refractivity contribution >= 4 is 17.4 Å². The molecule has 0 aliphatic heterocycles. The van der Waals surface area contributed by atoms with Crippen LogP contribution in [0, 0.1) is 5.41 Å². The van der Waals surface area contributed by atoms with Crippen molar-refractivity contribution in [1.82, 2.24) is 0 Å². The lowest BCUT2D eigenvalue weighted by molar-refractivity contribution is -0.128. The molecular formula is C15H19ClO. The molecule has 1 aliphatic rings. The van der Waals surface area contributed by atoms with Crippen molar-refractivity contribution < 1.29 is 4.79 Å². The van der Waals surface area contributed by atoms with E-state index in [0.717, 1.165) is 18.4 Å². The predicted octanol–water partition coefficient (Wildman–Crippen LogP) is 4.42. The highest BCUT2D eigenvalue weighted by Crippen LogP contribution is 2.37. The highest BCUT2D eigenvalue weighted by molar-refractivity contribution is 6.31. The minimum absolute atomic E-state index is 0.114. The van der Waals surface area contributed by atoms with E-state index in [2.05, 4.69) is 6.92 Å². The summed E-state index contributed by atoms with van der Waals surface area (Å²) in [7, 11) is 0. The number of ketones is 1. The van der Waals surface area contributed by atoms with E-state index in [9.17, 15) is 4.79 Å². The molecule has 1 fully saturated rings. The molecule has 2 heteroatoms. The lowest BCUT2D eigenvalue weighted by atomic mass is 9.71. The average Bonchev–Trinajstić information content (AvgIpc) is 2.33. The fourth-order valence-electron chi connectivity index (χ4n) is 2.64. The number of hydrogen-bond donors (Lipinski definition) is 0. The summed E-state index contributed by atoms with van der Waals surface area (Å²) in [6, 6.07) is 7.65. The Morgan fingerprint density at radius 1 is 1.24 bits per heavy atom. The molecule has 0 unspecified atom stereocenters. The fraction of sp³-hybridized carbons (Fsp3) is 0.533. The van der Waals surface area contributed by atoms with Crippen molar-refractivity contribution in [3.63, 3.8) is 0 Å². The number of carbonyl (C=O) groups is 1. The van der Waals surface area contributed by atoms with Crippen molar-refractivity contribution in [3.05, 3.63) is 34.9 Å². The van der Waals surface area contributed by atoms with E-state index in [1.807, 2.05) is 24.3 Å². The zero-order chi connectivity index (χ0) is 12.3. The first kappa shape index (κ1) is 12.6. The maximum Gasteiger partial charge on any atom is 0.143 e. The van der Waals surface area contributed by atoms with E-state index in [1.165, 1.54) is 19.3 Å². The third kappa shape index (κ3) is 2.90. The Bertz CT molecular complexity index is 405. The van der Waals surface area contributed by atoms with E-state index >= 15 is 0 Å². The molecule has 1 aliphatic carbocycles. The summed E-state index contributed by atoms with van der Waals surface area (Å²) in [6.07, 6.45) is 6.20. The van der Waals surface area contributed by atoms with Gasteiger partial charge in [0, 0.05) is 16.9 Å². The van der Waals surface area contributed by atoms with Crippen LogP contribution in [0.25, 0.3) is 0 Å². The molecule has 0 aromatic heterocycles. The van der Waals surface area contributed by atoms with Crippen molar-refractivity contribution in [3.8, 4) is 0 Å². The lowest BCUT2D eigenvalue weighted by Gasteiger charge is -2.32. The van der Waals surface area contributed by atoms with Gasteiger partial charge in [0.25, 0.3) is 0 Å². The number of hydrogen-bond acceptors (Lipinski definition) is 1. The molecule has 0 bridgehead atoms. The van der Waals surface area contributed by atoms with Crippen LogP contribution < -0.4 is 0 Å². The van der Waals surface area contributed by atoms with Crippen LogP contribution in [0.3, 0.4) is 0 Å². The summed E-state index contributed by atoms with van der Waals surface area (Å²) in [5.74, 6) is 0.352. The number of carbonyl (C=O) groups excluding carboxylic acids is 1. The van der Waals surface area contributed by atoms with E-state index < -0.39 is 0 Å². The van der Waals surface area contributed by atoms with E-state index in [-0.39, 0.29) is 5.41 Å². The fourth-order valence-corrected chi connectivity index (χ4v) is 2.84. The first-order valence-corrected chi connectivity index (χ1v) is 6.76. The van der Waals surface area contributed by atoms with Crippen molar-refractivity contribution in [2.45, 2.75) is 45.4 Å². The summed E-state index contributed by atoms with van der Waals surface area (Å²) < 4.78 is 0. The van der Waals surface area contributed by atoms with Crippen LogP contribution >= 0.6 is 11.6 Å². The van der Waals surface area contributed by atoms with E-state index in [1.54, 1.807) is 0 Å². The monoisotopic (exact) mass is 250 g/mol. The van der Waals surface area contributed by atoms with Gasteiger partial charge in [-0.25, -0.2) is 0 Å². The molecule has 2 rings (SSSR count). The lowest BCUT2D eigenvalue weighted by Crippen LogP contribution is -2.31. The number of halogens is 1. The SMILES string of the molecule is CC1(C(=O)Cc2ccccc2Cl)CCCCC1. The summed E-state index contributed by atoms with van der Waals surface area (Å²) >= 11 is 6.10. The second-order valence-electron chi connectivity index (χ2n) is 5.31. The molecule has 0 N–H and O–H groups in total. The molecule has 1 aromatic carbocycles. The Morgan fingerprint density at radius 2 is 1.88 bits per heavy atom. The van der Waals surface area contributed by atoms with Gasteiger partial charge in [-0.15, -0.1) is 0 Å². The Hall–Kier alpha value is -0.820. The van der Waals surface area contributed by atoms with Gasteiger partial charge in [-0.3, -0.25) is 4.79 Å². The molecule has 0 amide bonds. The minimum atomic E-state index is -0.114. The topological polar surface area (TPSA) is 17.1 Å². The Kier molecular flexibility index (Phi) is 3.88. The summed E-state index contributed by atoms with van der Waals surface area (Å²) in [6.45, 7) is 2.12. The summed E-state index contributed by atoms with van der Waals surface area (Å²) in [5.41, 5.74) is 0.850. The molecule has 0 atom stereocenters. The van der Waals surface area contributed by atoms with Crippen LogP contribution in [0.1, 0.15) is 44.6 Å². The Labute approximate surface area is 108 Å². The smallest absolute Gasteiger partial charge is 0.143 e. The first-order valence-electron chi connectivity index (χ1n) is 6.38. The third-order valence-electron chi connectivity index (χ3n) is 3.94. The van der Waals surface area contributed by atoms with Gasteiger partial charge in [-0.05, 0) is 24.5 Å². The molecular weight excluding hydrogens is 232 g/mol. The van der Waals surface area contributed by atoms with Crippen LogP contribution in [0.15, 0.2) is 24.3 Å². The molecule has 0 radical (unpaired) electrons. The minimum Gasteiger partial charge on any atom is -0.299 e. The highest BCUT2D eigenvalue weighted by atomic mass is 35.5. The molecule has 92 valence electrons. The van der Waals surface area contributed by atoms with Gasteiger partial charge >= 0.3 is 0 Å². The quantitative estimate of drug-likeness (QED) is 0.776. The second kappa shape index (κ2) is 5.22. The molecule has 0 heterocycles. The van der Waals surface area contributed by atoms with Crippen molar-refractivity contribution in [2.24, 2.45) is 5.41 Å².